The van der Waals surface area contributed by atoms with Crippen molar-refractivity contribution < 1.29 is 4.42 Å². The molecule has 0 N–H and O–H groups in total. The fourth-order valence-corrected chi connectivity index (χ4v) is 8.07. The molecule has 1 aromatic heterocycles. The van der Waals surface area contributed by atoms with Gasteiger partial charge in [0.2, 0.25) is 0 Å². The van der Waals surface area contributed by atoms with Crippen LogP contribution in [0.3, 0.4) is 0 Å². The van der Waals surface area contributed by atoms with Crippen LogP contribution in [-0.4, -0.2) is 0 Å². The van der Waals surface area contributed by atoms with Crippen LogP contribution < -0.4 is 4.90 Å². The molecule has 10 aromatic rings. The molecule has 264 valence electrons. The van der Waals surface area contributed by atoms with E-state index in [2.05, 4.69) is 212 Å². The van der Waals surface area contributed by atoms with Gasteiger partial charge in [-0.25, -0.2) is 0 Å². The smallest absolute Gasteiger partial charge is 0.143 e. The lowest BCUT2D eigenvalue weighted by atomic mass is 9.97. The Morgan fingerprint density at radius 3 is 2.00 bits per heavy atom. The maximum atomic E-state index is 6.51. The van der Waals surface area contributed by atoms with E-state index in [0.717, 1.165) is 72.2 Å². The van der Waals surface area contributed by atoms with Gasteiger partial charge in [-0.05, 0) is 104 Å². The highest BCUT2D eigenvalue weighted by Gasteiger charge is 2.20. The zero-order chi connectivity index (χ0) is 37.4. The van der Waals surface area contributed by atoms with Crippen LogP contribution in [0.25, 0.3) is 82.9 Å². The average molecular weight is 716 g/mol. The first-order valence-electron chi connectivity index (χ1n) is 19.0. The molecule has 56 heavy (non-hydrogen) atoms. The van der Waals surface area contributed by atoms with Crippen molar-refractivity contribution in [3.63, 3.8) is 0 Å². The molecular weight excluding hydrogens is 679 g/mol. The molecule has 0 spiro atoms. The summed E-state index contributed by atoms with van der Waals surface area (Å²) in [6.45, 7) is 3.87. The Labute approximate surface area is 326 Å². The van der Waals surface area contributed by atoms with Crippen molar-refractivity contribution >= 4 is 66.6 Å². The molecule has 0 aliphatic heterocycles. The number of furan rings is 1. The molecule has 0 aliphatic carbocycles. The van der Waals surface area contributed by atoms with E-state index < -0.39 is 0 Å². The van der Waals surface area contributed by atoms with E-state index >= 15 is 0 Å². The number of allylic oxidation sites excluding steroid dienone is 2. The Kier molecular flexibility index (Phi) is 8.35. The van der Waals surface area contributed by atoms with E-state index in [4.69, 9.17) is 4.42 Å². The van der Waals surface area contributed by atoms with Crippen LogP contribution >= 0.6 is 0 Å². The Bertz CT molecular complexity index is 3110. The minimum Gasteiger partial charge on any atom is -0.455 e. The molecule has 9 aromatic carbocycles. The number of rotatable bonds is 8. The molecule has 0 aliphatic rings. The third-order valence-corrected chi connectivity index (χ3v) is 10.8. The van der Waals surface area contributed by atoms with Gasteiger partial charge in [-0.2, -0.15) is 0 Å². The van der Waals surface area contributed by atoms with Gasteiger partial charge >= 0.3 is 0 Å². The zero-order valence-electron chi connectivity index (χ0n) is 30.8. The largest absolute Gasteiger partial charge is 0.455 e. The summed E-state index contributed by atoms with van der Waals surface area (Å²) in [5, 5.41) is 7.00. The predicted molar refractivity (Wildman–Crippen MR) is 239 cm³/mol. The highest BCUT2D eigenvalue weighted by Crippen LogP contribution is 2.44. The van der Waals surface area contributed by atoms with E-state index in [-0.39, 0.29) is 0 Å². The molecule has 0 unspecified atom stereocenters. The molecule has 0 radical (unpaired) electrons. The quantitative estimate of drug-likeness (QED) is 0.146. The van der Waals surface area contributed by atoms with Crippen molar-refractivity contribution in [3.8, 4) is 33.4 Å². The van der Waals surface area contributed by atoms with Crippen LogP contribution in [0.2, 0.25) is 0 Å². The molecule has 2 nitrogen and oxygen atoms in total. The topological polar surface area (TPSA) is 16.4 Å². The molecule has 1 heterocycles. The number of hydrogen-bond donors (Lipinski definition) is 0. The lowest BCUT2D eigenvalue weighted by molar-refractivity contribution is 0.672. The van der Waals surface area contributed by atoms with Gasteiger partial charge in [0.15, 0.2) is 0 Å². The van der Waals surface area contributed by atoms with Crippen LogP contribution in [0, 0.1) is 0 Å². The zero-order valence-corrected chi connectivity index (χ0v) is 30.8. The first-order valence-corrected chi connectivity index (χ1v) is 19.0. The lowest BCUT2D eigenvalue weighted by Gasteiger charge is -2.28. The molecule has 0 atom stereocenters. The third kappa shape index (κ3) is 5.95. The number of para-hydroxylation sites is 1. The lowest BCUT2D eigenvalue weighted by Crippen LogP contribution is -2.11. The number of benzene rings is 9. The van der Waals surface area contributed by atoms with Gasteiger partial charge in [0.1, 0.15) is 11.2 Å². The summed E-state index contributed by atoms with van der Waals surface area (Å²) in [5.41, 5.74) is 13.1. The van der Waals surface area contributed by atoms with Crippen molar-refractivity contribution in [1.29, 1.82) is 0 Å². The van der Waals surface area contributed by atoms with Crippen LogP contribution in [0.5, 0.6) is 0 Å². The summed E-state index contributed by atoms with van der Waals surface area (Å²) < 4.78 is 6.51. The summed E-state index contributed by atoms with van der Waals surface area (Å²) >= 11 is 0. The van der Waals surface area contributed by atoms with Gasteiger partial charge in [0.25, 0.3) is 0 Å². The third-order valence-electron chi connectivity index (χ3n) is 10.8. The summed E-state index contributed by atoms with van der Waals surface area (Å²) in [4.78, 5) is 2.39. The SMILES string of the molecule is C=C/C=C\c1ccccc1-c1ccc(N(c2cccc(-c3ccc4ccccc4c3)c2)c2ccccc2-c2ccc3oc4c5ccccc5ccc4c3c2)cc1. The summed E-state index contributed by atoms with van der Waals surface area (Å²) in [5.74, 6) is 0. The number of nitrogens with zero attached hydrogens (tertiary/aromatic N) is 1. The maximum Gasteiger partial charge on any atom is 0.143 e. The van der Waals surface area contributed by atoms with Crippen molar-refractivity contribution in [2.24, 2.45) is 0 Å². The van der Waals surface area contributed by atoms with Gasteiger partial charge in [-0.15, -0.1) is 0 Å². The van der Waals surface area contributed by atoms with Gasteiger partial charge in [-0.1, -0.05) is 164 Å². The van der Waals surface area contributed by atoms with Gasteiger partial charge in [0, 0.05) is 33.1 Å². The highest BCUT2D eigenvalue weighted by molar-refractivity contribution is 6.15. The molecule has 2 heteroatoms. The van der Waals surface area contributed by atoms with E-state index in [1.165, 1.54) is 27.3 Å². The molecule has 0 bridgehead atoms. The van der Waals surface area contributed by atoms with E-state index in [1.54, 1.807) is 0 Å². The van der Waals surface area contributed by atoms with E-state index in [0.29, 0.717) is 0 Å². The molecule has 0 saturated carbocycles. The fraction of sp³-hybridized carbons (Fsp3) is 0. The second kappa shape index (κ2) is 14.1. The summed E-state index contributed by atoms with van der Waals surface area (Å²) in [6.07, 6.45) is 5.91. The standard InChI is InChI=1S/C54H37NO/c1-2-3-13-38-15-6-8-20-47(38)40-26-30-45(31-27-40)55(46-19-12-18-42(35-46)43-25-24-37-14-4-5-17-41(37)34-43)52-23-11-10-21-48(52)44-29-33-53-51(36-44)50-32-28-39-16-7-9-22-49(39)54(50)56-53/h2-36H,1H2/b13-3-. The molecule has 0 amide bonds. The Morgan fingerprint density at radius 2 is 1.12 bits per heavy atom. The van der Waals surface area contributed by atoms with Crippen LogP contribution in [0.15, 0.2) is 217 Å². The van der Waals surface area contributed by atoms with Crippen LogP contribution in [0.1, 0.15) is 5.56 Å². The fourth-order valence-electron chi connectivity index (χ4n) is 8.07. The number of hydrogen-bond acceptors (Lipinski definition) is 2. The minimum atomic E-state index is 0.885. The number of anilines is 3. The van der Waals surface area contributed by atoms with Crippen LogP contribution in [0.4, 0.5) is 17.1 Å². The monoisotopic (exact) mass is 715 g/mol. The Balaban J connectivity index is 1.13. The Hall–Kier alpha value is -7.42. The van der Waals surface area contributed by atoms with Crippen molar-refractivity contribution in [2.45, 2.75) is 0 Å². The maximum absolute atomic E-state index is 6.51. The van der Waals surface area contributed by atoms with Crippen molar-refractivity contribution in [1.82, 2.24) is 0 Å². The average Bonchev–Trinajstić information content (AvgIpc) is 3.65. The second-order valence-corrected chi connectivity index (χ2v) is 14.2. The van der Waals surface area contributed by atoms with E-state index in [1.807, 2.05) is 12.2 Å². The molecule has 10 rings (SSSR count). The van der Waals surface area contributed by atoms with Crippen LogP contribution in [-0.2, 0) is 0 Å². The summed E-state index contributed by atoms with van der Waals surface area (Å²) in [6, 6.07) is 69.7. The molecular formula is C54H37NO. The minimum absolute atomic E-state index is 0.885. The normalized spacial score (nSPS) is 11.6. The van der Waals surface area contributed by atoms with Gasteiger partial charge < -0.3 is 9.32 Å². The molecule has 0 fully saturated rings. The van der Waals surface area contributed by atoms with E-state index in [9.17, 15) is 0 Å². The van der Waals surface area contributed by atoms with Gasteiger partial charge in [-0.3, -0.25) is 0 Å². The summed E-state index contributed by atoms with van der Waals surface area (Å²) in [7, 11) is 0. The van der Waals surface area contributed by atoms with Crippen molar-refractivity contribution in [3.05, 3.63) is 218 Å². The second-order valence-electron chi connectivity index (χ2n) is 14.2. The Morgan fingerprint density at radius 1 is 0.429 bits per heavy atom. The molecule has 0 saturated heterocycles. The number of fused-ring (bicyclic) bond motifs is 6. The predicted octanol–water partition coefficient (Wildman–Crippen LogP) is 15.6. The van der Waals surface area contributed by atoms with Gasteiger partial charge in [0.05, 0.1) is 5.69 Å². The first-order chi connectivity index (χ1) is 27.7. The highest BCUT2D eigenvalue weighted by atomic mass is 16.3. The van der Waals surface area contributed by atoms with Crippen molar-refractivity contribution in [2.75, 3.05) is 4.90 Å². The first kappa shape index (κ1) is 33.2.